The van der Waals surface area contributed by atoms with Crippen LogP contribution in [0.5, 0.6) is 5.75 Å². The molecule has 6 heteroatoms. The number of carbonyl (C=O) groups is 1. The van der Waals surface area contributed by atoms with Crippen LogP contribution in [-0.2, 0) is 20.8 Å². The molecule has 2 N–H and O–H groups in total. The zero-order chi connectivity index (χ0) is 19.2. The van der Waals surface area contributed by atoms with Gasteiger partial charge in [0.05, 0.1) is 25.7 Å². The highest BCUT2D eigenvalue weighted by molar-refractivity contribution is 5.74. The molecule has 0 radical (unpaired) electrons. The van der Waals surface area contributed by atoms with Crippen LogP contribution in [0.3, 0.4) is 0 Å². The van der Waals surface area contributed by atoms with E-state index in [1.165, 1.54) is 0 Å². The predicted octanol–water partition coefficient (Wildman–Crippen LogP) is 2.55. The van der Waals surface area contributed by atoms with Gasteiger partial charge in [-0.25, -0.2) is 0 Å². The summed E-state index contributed by atoms with van der Waals surface area (Å²) < 4.78 is 17.0. The molecule has 0 spiro atoms. The topological polar surface area (TPSA) is 74.0 Å². The van der Waals surface area contributed by atoms with Crippen LogP contribution in [0.4, 0.5) is 0 Å². The molecule has 26 heavy (non-hydrogen) atoms. The Hall–Kier alpha value is -1.63. The summed E-state index contributed by atoms with van der Waals surface area (Å²) in [6.45, 7) is 9.00. The van der Waals surface area contributed by atoms with Crippen LogP contribution in [-0.4, -0.2) is 49.5 Å². The van der Waals surface area contributed by atoms with Gasteiger partial charge in [0.15, 0.2) is 0 Å². The Labute approximate surface area is 156 Å². The maximum Gasteiger partial charge on any atom is 0.221 e. The quantitative estimate of drug-likeness (QED) is 0.682. The van der Waals surface area contributed by atoms with Crippen molar-refractivity contribution in [2.75, 3.05) is 26.9 Å². The molecule has 0 bridgehead atoms. The second-order valence-electron chi connectivity index (χ2n) is 7.86. The highest BCUT2D eigenvalue weighted by Crippen LogP contribution is 2.23. The zero-order valence-electron chi connectivity index (χ0n) is 16.4. The number of hydrogen-bond donors (Lipinski definition) is 1. The molecular weight excluding hydrogens is 332 g/mol. The van der Waals surface area contributed by atoms with E-state index in [9.17, 15) is 4.79 Å². The van der Waals surface area contributed by atoms with Crippen LogP contribution in [0.2, 0.25) is 0 Å². The molecule has 6 nitrogen and oxygen atoms in total. The number of ether oxygens (including phenoxy) is 3. The van der Waals surface area contributed by atoms with Crippen molar-refractivity contribution >= 4 is 5.91 Å². The molecule has 0 aromatic heterocycles. The summed E-state index contributed by atoms with van der Waals surface area (Å²) in [5.41, 5.74) is 6.27. The van der Waals surface area contributed by atoms with E-state index in [1.54, 1.807) is 7.11 Å². The van der Waals surface area contributed by atoms with Gasteiger partial charge < -0.3 is 19.9 Å². The largest absolute Gasteiger partial charge is 0.497 e. The van der Waals surface area contributed by atoms with Gasteiger partial charge >= 0.3 is 0 Å². The summed E-state index contributed by atoms with van der Waals surface area (Å²) in [6, 6.07) is 7.96. The highest BCUT2D eigenvalue weighted by atomic mass is 16.5. The lowest BCUT2D eigenvalue weighted by molar-refractivity contribution is -0.151. The molecule has 1 heterocycles. The molecule has 2 rings (SSSR count). The minimum absolute atomic E-state index is 0.168. The van der Waals surface area contributed by atoms with Crippen molar-refractivity contribution < 1.29 is 19.0 Å². The third-order valence-corrected chi connectivity index (χ3v) is 4.33. The molecule has 1 aromatic rings. The van der Waals surface area contributed by atoms with E-state index in [0.29, 0.717) is 12.5 Å². The van der Waals surface area contributed by atoms with Gasteiger partial charge in [0, 0.05) is 19.7 Å². The molecule has 0 aliphatic carbocycles. The number of benzene rings is 1. The minimum Gasteiger partial charge on any atom is -0.497 e. The molecule has 1 aliphatic rings. The van der Waals surface area contributed by atoms with E-state index >= 15 is 0 Å². The first-order valence-corrected chi connectivity index (χ1v) is 9.17. The third kappa shape index (κ3) is 6.94. The van der Waals surface area contributed by atoms with Crippen LogP contribution in [0.1, 0.15) is 39.2 Å². The smallest absolute Gasteiger partial charge is 0.221 e. The van der Waals surface area contributed by atoms with Crippen molar-refractivity contribution in [2.24, 2.45) is 11.7 Å². The summed E-state index contributed by atoms with van der Waals surface area (Å²) in [7, 11) is 1.65. The van der Waals surface area contributed by atoms with Crippen LogP contribution in [0, 0.1) is 5.92 Å². The number of primary amides is 1. The number of amides is 1. The van der Waals surface area contributed by atoms with E-state index in [0.717, 1.165) is 37.5 Å². The summed E-state index contributed by atoms with van der Waals surface area (Å²) in [5.74, 6) is 0.901. The standard InChI is InChI=1S/C20H32N2O4/c1-20(2,3)26-19(11-18(21)23)22(13-16-9-10-25-14-16)12-15-5-7-17(24-4)8-6-15/h5-8,16,19H,9-14H2,1-4H3,(H2,21,23). The number of rotatable bonds is 9. The first kappa shape index (κ1) is 20.7. The van der Waals surface area contributed by atoms with Gasteiger partial charge in [-0.3, -0.25) is 9.69 Å². The van der Waals surface area contributed by atoms with E-state index in [1.807, 2.05) is 45.0 Å². The average molecular weight is 364 g/mol. The number of nitrogens with two attached hydrogens (primary N) is 1. The fourth-order valence-corrected chi connectivity index (χ4v) is 3.13. The SMILES string of the molecule is COc1ccc(CN(CC2CCOC2)C(CC(N)=O)OC(C)(C)C)cc1. The molecule has 1 saturated heterocycles. The number of hydrogen-bond acceptors (Lipinski definition) is 5. The number of methoxy groups -OCH3 is 1. The average Bonchev–Trinajstić information content (AvgIpc) is 3.05. The molecule has 146 valence electrons. The van der Waals surface area contributed by atoms with Crippen molar-refractivity contribution in [1.29, 1.82) is 0 Å². The van der Waals surface area contributed by atoms with Crippen molar-refractivity contribution in [1.82, 2.24) is 4.90 Å². The van der Waals surface area contributed by atoms with Crippen LogP contribution in [0.25, 0.3) is 0 Å². The van der Waals surface area contributed by atoms with Crippen LogP contribution >= 0.6 is 0 Å². The van der Waals surface area contributed by atoms with E-state index in [2.05, 4.69) is 4.90 Å². The van der Waals surface area contributed by atoms with Crippen molar-refractivity contribution in [2.45, 2.75) is 52.0 Å². The van der Waals surface area contributed by atoms with Gasteiger partial charge in [0.25, 0.3) is 0 Å². The fourth-order valence-electron chi connectivity index (χ4n) is 3.13. The summed E-state index contributed by atoms with van der Waals surface area (Å²) in [4.78, 5) is 13.9. The fraction of sp³-hybridized carbons (Fsp3) is 0.650. The molecule has 1 aromatic carbocycles. The summed E-state index contributed by atoms with van der Waals surface area (Å²) >= 11 is 0. The van der Waals surface area contributed by atoms with Crippen molar-refractivity contribution in [3.8, 4) is 5.75 Å². The van der Waals surface area contributed by atoms with E-state index < -0.39 is 0 Å². The molecule has 2 atom stereocenters. The van der Waals surface area contributed by atoms with Gasteiger partial charge in [0.2, 0.25) is 5.91 Å². The first-order chi connectivity index (χ1) is 12.3. The summed E-state index contributed by atoms with van der Waals surface area (Å²) in [5, 5.41) is 0. The van der Waals surface area contributed by atoms with Crippen molar-refractivity contribution in [3.05, 3.63) is 29.8 Å². The van der Waals surface area contributed by atoms with Crippen molar-refractivity contribution in [3.63, 3.8) is 0 Å². The first-order valence-electron chi connectivity index (χ1n) is 9.17. The Morgan fingerprint density at radius 2 is 2.04 bits per heavy atom. The lowest BCUT2D eigenvalue weighted by Crippen LogP contribution is -2.45. The molecular formula is C20H32N2O4. The summed E-state index contributed by atoms with van der Waals surface area (Å²) in [6.07, 6.45) is 0.828. The maximum absolute atomic E-state index is 11.6. The minimum atomic E-state index is -0.371. The monoisotopic (exact) mass is 364 g/mol. The number of nitrogens with zero attached hydrogens (tertiary/aromatic N) is 1. The zero-order valence-corrected chi connectivity index (χ0v) is 16.4. The van der Waals surface area contributed by atoms with Gasteiger partial charge in [-0.1, -0.05) is 12.1 Å². The third-order valence-electron chi connectivity index (χ3n) is 4.33. The Balaban J connectivity index is 2.18. The van der Waals surface area contributed by atoms with E-state index in [-0.39, 0.29) is 24.2 Å². The normalized spacial score (nSPS) is 18.9. The molecule has 1 fully saturated rings. The van der Waals surface area contributed by atoms with Gasteiger partial charge in [-0.05, 0) is 50.8 Å². The Bertz CT molecular complexity index is 562. The Kier molecular flexibility index (Phi) is 7.43. The molecule has 0 saturated carbocycles. The Morgan fingerprint density at radius 1 is 1.35 bits per heavy atom. The number of carbonyl (C=O) groups excluding carboxylic acids is 1. The van der Waals surface area contributed by atoms with Crippen LogP contribution < -0.4 is 10.5 Å². The lowest BCUT2D eigenvalue weighted by Gasteiger charge is -2.37. The molecule has 1 amide bonds. The molecule has 1 aliphatic heterocycles. The van der Waals surface area contributed by atoms with Crippen LogP contribution in [0.15, 0.2) is 24.3 Å². The predicted molar refractivity (Wildman–Crippen MR) is 101 cm³/mol. The van der Waals surface area contributed by atoms with Gasteiger partial charge in [-0.2, -0.15) is 0 Å². The highest BCUT2D eigenvalue weighted by Gasteiger charge is 2.29. The lowest BCUT2D eigenvalue weighted by atomic mass is 10.1. The Morgan fingerprint density at radius 3 is 2.54 bits per heavy atom. The van der Waals surface area contributed by atoms with Gasteiger partial charge in [-0.15, -0.1) is 0 Å². The second kappa shape index (κ2) is 9.35. The molecule has 2 unspecified atom stereocenters. The van der Waals surface area contributed by atoms with Gasteiger partial charge in [0.1, 0.15) is 12.0 Å². The van der Waals surface area contributed by atoms with E-state index in [4.69, 9.17) is 19.9 Å². The maximum atomic E-state index is 11.6. The second-order valence-corrected chi connectivity index (χ2v) is 7.86.